The lowest BCUT2D eigenvalue weighted by Gasteiger charge is -2.19. The molecule has 1 aliphatic heterocycles. The minimum absolute atomic E-state index is 0.308. The van der Waals surface area contributed by atoms with Gasteiger partial charge in [-0.05, 0) is 26.0 Å². The molecule has 0 amide bonds. The summed E-state index contributed by atoms with van der Waals surface area (Å²) >= 11 is 2.03. The van der Waals surface area contributed by atoms with E-state index in [2.05, 4.69) is 22.2 Å². The van der Waals surface area contributed by atoms with Crippen molar-refractivity contribution in [1.29, 1.82) is 0 Å². The van der Waals surface area contributed by atoms with Crippen LogP contribution in [0.25, 0.3) is 0 Å². The SMILES string of the molecule is Cc1nccnc1C(C)NC1CCSC1. The van der Waals surface area contributed by atoms with Gasteiger partial charge >= 0.3 is 0 Å². The van der Waals surface area contributed by atoms with Gasteiger partial charge in [0.15, 0.2) is 0 Å². The van der Waals surface area contributed by atoms with Gasteiger partial charge in [-0.3, -0.25) is 9.97 Å². The molecular weight excluding hydrogens is 206 g/mol. The van der Waals surface area contributed by atoms with Gasteiger partial charge in [-0.1, -0.05) is 0 Å². The summed E-state index contributed by atoms with van der Waals surface area (Å²) in [6, 6.07) is 0.953. The minimum atomic E-state index is 0.308. The quantitative estimate of drug-likeness (QED) is 0.850. The Labute approximate surface area is 95.1 Å². The smallest absolute Gasteiger partial charge is 0.0782 e. The van der Waals surface area contributed by atoms with Gasteiger partial charge in [0, 0.05) is 30.2 Å². The second kappa shape index (κ2) is 4.94. The lowest BCUT2D eigenvalue weighted by Crippen LogP contribution is -2.32. The van der Waals surface area contributed by atoms with Crippen LogP contribution in [0.2, 0.25) is 0 Å². The third-order valence-corrected chi connectivity index (χ3v) is 3.91. The zero-order chi connectivity index (χ0) is 10.7. The highest BCUT2D eigenvalue weighted by Gasteiger charge is 2.19. The fraction of sp³-hybridized carbons (Fsp3) is 0.636. The van der Waals surface area contributed by atoms with Crippen LogP contribution in [0.3, 0.4) is 0 Å². The molecule has 2 unspecified atom stereocenters. The van der Waals surface area contributed by atoms with E-state index in [1.807, 2.05) is 18.7 Å². The van der Waals surface area contributed by atoms with Crippen LogP contribution in [0.15, 0.2) is 12.4 Å². The fourth-order valence-corrected chi connectivity index (χ4v) is 3.11. The predicted octanol–water partition coefficient (Wildman–Crippen LogP) is 1.94. The lowest BCUT2D eigenvalue weighted by molar-refractivity contribution is 0.475. The first-order chi connectivity index (χ1) is 7.27. The van der Waals surface area contributed by atoms with Gasteiger partial charge in [0.1, 0.15) is 0 Å². The number of nitrogens with zero attached hydrogens (tertiary/aromatic N) is 2. The topological polar surface area (TPSA) is 37.8 Å². The molecule has 1 saturated heterocycles. The monoisotopic (exact) mass is 223 g/mol. The molecule has 1 N–H and O–H groups in total. The maximum absolute atomic E-state index is 4.39. The molecule has 82 valence electrons. The summed E-state index contributed by atoms with van der Waals surface area (Å²) in [7, 11) is 0. The second-order valence-electron chi connectivity index (χ2n) is 3.98. The van der Waals surface area contributed by atoms with Gasteiger partial charge in [0.2, 0.25) is 0 Å². The van der Waals surface area contributed by atoms with Crippen molar-refractivity contribution in [2.75, 3.05) is 11.5 Å². The van der Waals surface area contributed by atoms with Crippen molar-refractivity contribution in [3.05, 3.63) is 23.8 Å². The van der Waals surface area contributed by atoms with Crippen molar-refractivity contribution >= 4 is 11.8 Å². The molecule has 0 aliphatic carbocycles. The summed E-state index contributed by atoms with van der Waals surface area (Å²) in [4.78, 5) is 8.66. The Morgan fingerprint density at radius 3 is 2.93 bits per heavy atom. The third-order valence-electron chi connectivity index (χ3n) is 2.74. The van der Waals surface area contributed by atoms with Gasteiger partial charge < -0.3 is 5.32 Å². The molecule has 0 spiro atoms. The fourth-order valence-electron chi connectivity index (χ4n) is 1.94. The van der Waals surface area contributed by atoms with E-state index in [1.54, 1.807) is 12.4 Å². The summed E-state index contributed by atoms with van der Waals surface area (Å²) < 4.78 is 0. The van der Waals surface area contributed by atoms with Crippen LogP contribution < -0.4 is 5.32 Å². The zero-order valence-corrected chi connectivity index (χ0v) is 10.0. The number of thioether (sulfide) groups is 1. The summed E-state index contributed by atoms with van der Waals surface area (Å²) in [5.74, 6) is 2.51. The van der Waals surface area contributed by atoms with E-state index in [1.165, 1.54) is 17.9 Å². The van der Waals surface area contributed by atoms with Gasteiger partial charge in [-0.25, -0.2) is 0 Å². The van der Waals surface area contributed by atoms with E-state index in [4.69, 9.17) is 0 Å². The number of nitrogens with one attached hydrogen (secondary N) is 1. The zero-order valence-electron chi connectivity index (χ0n) is 9.23. The molecule has 15 heavy (non-hydrogen) atoms. The van der Waals surface area contributed by atoms with Crippen molar-refractivity contribution in [3.63, 3.8) is 0 Å². The second-order valence-corrected chi connectivity index (χ2v) is 5.13. The van der Waals surface area contributed by atoms with Crippen molar-refractivity contribution in [1.82, 2.24) is 15.3 Å². The molecule has 2 atom stereocenters. The van der Waals surface area contributed by atoms with Crippen molar-refractivity contribution in [3.8, 4) is 0 Å². The van der Waals surface area contributed by atoms with Crippen LogP contribution in [0.1, 0.15) is 30.8 Å². The Morgan fingerprint density at radius 2 is 2.27 bits per heavy atom. The standard InChI is InChI=1S/C11H17N3S/c1-8-11(13-5-4-12-8)9(2)14-10-3-6-15-7-10/h4-5,9-10,14H,3,6-7H2,1-2H3. The van der Waals surface area contributed by atoms with Gasteiger partial charge in [0.05, 0.1) is 11.4 Å². The average molecular weight is 223 g/mol. The van der Waals surface area contributed by atoms with Crippen LogP contribution in [-0.2, 0) is 0 Å². The molecule has 1 aromatic rings. The van der Waals surface area contributed by atoms with E-state index < -0.39 is 0 Å². The highest BCUT2D eigenvalue weighted by molar-refractivity contribution is 7.99. The van der Waals surface area contributed by atoms with Crippen LogP contribution in [0.4, 0.5) is 0 Å². The Hall–Kier alpha value is -0.610. The highest BCUT2D eigenvalue weighted by Crippen LogP contribution is 2.21. The van der Waals surface area contributed by atoms with Gasteiger partial charge in [-0.2, -0.15) is 11.8 Å². The third kappa shape index (κ3) is 2.69. The largest absolute Gasteiger partial charge is 0.305 e. The van der Waals surface area contributed by atoms with E-state index >= 15 is 0 Å². The molecule has 2 rings (SSSR count). The Kier molecular flexibility index (Phi) is 3.59. The van der Waals surface area contributed by atoms with E-state index in [-0.39, 0.29) is 0 Å². The molecular formula is C11H17N3S. The molecule has 0 radical (unpaired) electrons. The number of rotatable bonds is 3. The van der Waals surface area contributed by atoms with Gasteiger partial charge in [0.25, 0.3) is 0 Å². The number of aryl methyl sites for hydroxylation is 1. The minimum Gasteiger partial charge on any atom is -0.305 e. The number of hydrogen-bond acceptors (Lipinski definition) is 4. The van der Waals surface area contributed by atoms with Crippen LogP contribution in [0.5, 0.6) is 0 Å². The summed E-state index contributed by atoms with van der Waals surface area (Å²) in [6.07, 6.45) is 4.79. The first-order valence-electron chi connectivity index (χ1n) is 5.38. The molecule has 1 aromatic heterocycles. The number of hydrogen-bond donors (Lipinski definition) is 1. The Bertz CT molecular complexity index is 323. The van der Waals surface area contributed by atoms with Crippen LogP contribution in [-0.4, -0.2) is 27.5 Å². The van der Waals surface area contributed by atoms with Gasteiger partial charge in [-0.15, -0.1) is 0 Å². The molecule has 1 fully saturated rings. The summed E-state index contributed by atoms with van der Waals surface area (Å²) in [5, 5.41) is 3.61. The molecule has 0 saturated carbocycles. The van der Waals surface area contributed by atoms with Crippen molar-refractivity contribution in [2.24, 2.45) is 0 Å². The normalized spacial score (nSPS) is 22.9. The van der Waals surface area contributed by atoms with Crippen LogP contribution >= 0.6 is 11.8 Å². The molecule has 3 nitrogen and oxygen atoms in total. The first-order valence-corrected chi connectivity index (χ1v) is 6.54. The highest BCUT2D eigenvalue weighted by atomic mass is 32.2. The molecule has 2 heterocycles. The maximum atomic E-state index is 4.39. The molecule has 0 aromatic carbocycles. The molecule has 1 aliphatic rings. The maximum Gasteiger partial charge on any atom is 0.0782 e. The predicted molar refractivity (Wildman–Crippen MR) is 64.0 cm³/mol. The van der Waals surface area contributed by atoms with Crippen molar-refractivity contribution in [2.45, 2.75) is 32.4 Å². The summed E-state index contributed by atoms with van der Waals surface area (Å²) in [6.45, 7) is 4.18. The van der Waals surface area contributed by atoms with Crippen LogP contribution in [0, 0.1) is 6.92 Å². The van der Waals surface area contributed by atoms with E-state index in [0.717, 1.165) is 11.4 Å². The summed E-state index contributed by atoms with van der Waals surface area (Å²) in [5.41, 5.74) is 2.11. The number of aromatic nitrogens is 2. The Morgan fingerprint density at radius 1 is 1.47 bits per heavy atom. The molecule has 4 heteroatoms. The average Bonchev–Trinajstić information content (AvgIpc) is 2.71. The molecule has 0 bridgehead atoms. The Balaban J connectivity index is 2.00. The first kappa shape index (κ1) is 10.9. The van der Waals surface area contributed by atoms with E-state index in [0.29, 0.717) is 12.1 Å². The van der Waals surface area contributed by atoms with Crippen molar-refractivity contribution < 1.29 is 0 Å². The van der Waals surface area contributed by atoms with E-state index in [9.17, 15) is 0 Å². The lowest BCUT2D eigenvalue weighted by atomic mass is 10.1.